The molecule has 0 aliphatic rings. The number of benzene rings is 2. The minimum Gasteiger partial charge on any atom is -0.489 e. The van der Waals surface area contributed by atoms with Crippen LogP contribution < -0.4 is 10.1 Å². The second-order valence-corrected chi connectivity index (χ2v) is 4.57. The van der Waals surface area contributed by atoms with Gasteiger partial charge in [-0.1, -0.05) is 23.7 Å². The normalized spacial score (nSPS) is 10.1. The van der Waals surface area contributed by atoms with Crippen LogP contribution in [-0.2, 0) is 6.61 Å². The van der Waals surface area contributed by atoms with Crippen LogP contribution in [-0.4, -0.2) is 12.0 Å². The van der Waals surface area contributed by atoms with Crippen molar-refractivity contribution in [2.75, 3.05) is 12.4 Å². The van der Waals surface area contributed by atoms with Crippen LogP contribution >= 0.6 is 11.6 Å². The van der Waals surface area contributed by atoms with Gasteiger partial charge in [0.25, 0.3) is 5.69 Å². The Hall–Kier alpha value is -2.27. The SMILES string of the molecule is CNc1cc(OCc2ccc(Cl)cc2)cc([N+](=O)[O-])c1. The van der Waals surface area contributed by atoms with Crippen LogP contribution in [0.3, 0.4) is 0 Å². The van der Waals surface area contributed by atoms with Gasteiger partial charge in [0.2, 0.25) is 0 Å². The highest BCUT2D eigenvalue weighted by molar-refractivity contribution is 6.30. The Morgan fingerprint density at radius 2 is 1.95 bits per heavy atom. The van der Waals surface area contributed by atoms with E-state index in [1.165, 1.54) is 12.1 Å². The molecule has 2 aromatic carbocycles. The molecule has 0 aliphatic carbocycles. The van der Waals surface area contributed by atoms with E-state index in [-0.39, 0.29) is 5.69 Å². The molecular formula is C14H13ClN2O3. The first-order valence-electron chi connectivity index (χ1n) is 5.93. The molecule has 1 N–H and O–H groups in total. The Kier molecular flexibility index (Phi) is 4.42. The van der Waals surface area contributed by atoms with Gasteiger partial charge in [-0.15, -0.1) is 0 Å². The fourth-order valence-corrected chi connectivity index (χ4v) is 1.79. The minimum absolute atomic E-state index is 0.0112. The third-order valence-corrected chi connectivity index (χ3v) is 2.96. The van der Waals surface area contributed by atoms with Crippen LogP contribution in [0, 0.1) is 10.1 Å². The molecule has 20 heavy (non-hydrogen) atoms. The summed E-state index contributed by atoms with van der Waals surface area (Å²) in [5, 5.41) is 14.4. The standard InChI is InChI=1S/C14H13ClN2O3/c1-16-12-6-13(17(18)19)8-14(7-12)20-9-10-2-4-11(15)5-3-10/h2-8,16H,9H2,1H3. The number of non-ortho nitro benzene ring substituents is 1. The molecule has 2 aromatic rings. The maximum Gasteiger partial charge on any atom is 0.275 e. The molecule has 2 rings (SSSR count). The predicted molar refractivity (Wildman–Crippen MR) is 78.4 cm³/mol. The lowest BCUT2D eigenvalue weighted by Crippen LogP contribution is -1.98. The first-order valence-corrected chi connectivity index (χ1v) is 6.31. The molecule has 5 nitrogen and oxygen atoms in total. The number of hydrogen-bond donors (Lipinski definition) is 1. The summed E-state index contributed by atoms with van der Waals surface area (Å²) in [6, 6.07) is 11.8. The van der Waals surface area contributed by atoms with E-state index in [1.807, 2.05) is 12.1 Å². The summed E-state index contributed by atoms with van der Waals surface area (Å²) < 4.78 is 5.58. The number of halogens is 1. The van der Waals surface area contributed by atoms with Crippen molar-refractivity contribution in [3.05, 3.63) is 63.2 Å². The van der Waals surface area contributed by atoms with Gasteiger partial charge in [-0.05, 0) is 17.7 Å². The molecule has 0 unspecified atom stereocenters. The highest BCUT2D eigenvalue weighted by Crippen LogP contribution is 2.26. The Morgan fingerprint density at radius 1 is 1.25 bits per heavy atom. The van der Waals surface area contributed by atoms with Crippen LogP contribution in [0.15, 0.2) is 42.5 Å². The number of ether oxygens (including phenoxy) is 1. The van der Waals surface area contributed by atoms with Gasteiger partial charge in [-0.3, -0.25) is 10.1 Å². The van der Waals surface area contributed by atoms with Gasteiger partial charge in [0.15, 0.2) is 0 Å². The Bertz CT molecular complexity index is 614. The minimum atomic E-state index is -0.448. The van der Waals surface area contributed by atoms with Crippen LogP contribution in [0.5, 0.6) is 5.75 Å². The number of nitro groups is 1. The maximum atomic E-state index is 10.8. The first-order chi connectivity index (χ1) is 9.58. The molecule has 0 amide bonds. The zero-order valence-corrected chi connectivity index (χ0v) is 11.6. The van der Waals surface area contributed by atoms with Gasteiger partial charge >= 0.3 is 0 Å². The van der Waals surface area contributed by atoms with Gasteiger partial charge in [0, 0.05) is 29.9 Å². The summed E-state index contributed by atoms with van der Waals surface area (Å²) in [4.78, 5) is 10.4. The van der Waals surface area contributed by atoms with E-state index in [0.717, 1.165) is 5.56 Å². The van der Waals surface area contributed by atoms with Gasteiger partial charge < -0.3 is 10.1 Å². The molecule has 0 aromatic heterocycles. The molecule has 0 spiro atoms. The molecule has 0 saturated carbocycles. The summed E-state index contributed by atoms with van der Waals surface area (Å²) in [6.07, 6.45) is 0. The van der Waals surface area contributed by atoms with Crippen molar-refractivity contribution in [2.45, 2.75) is 6.61 Å². The first kappa shape index (κ1) is 14.1. The number of nitrogens with zero attached hydrogens (tertiary/aromatic N) is 1. The number of hydrogen-bond acceptors (Lipinski definition) is 4. The molecular weight excluding hydrogens is 280 g/mol. The summed E-state index contributed by atoms with van der Waals surface area (Å²) in [6.45, 7) is 0.321. The van der Waals surface area contributed by atoms with E-state index in [2.05, 4.69) is 5.32 Å². The van der Waals surface area contributed by atoms with Crippen molar-refractivity contribution >= 4 is 23.0 Å². The third-order valence-electron chi connectivity index (χ3n) is 2.71. The average Bonchev–Trinajstić information content (AvgIpc) is 2.46. The highest BCUT2D eigenvalue weighted by atomic mass is 35.5. The van der Waals surface area contributed by atoms with Gasteiger partial charge in [-0.2, -0.15) is 0 Å². The van der Waals surface area contributed by atoms with E-state index < -0.39 is 4.92 Å². The molecule has 0 aliphatic heterocycles. The molecule has 0 atom stereocenters. The summed E-state index contributed by atoms with van der Waals surface area (Å²) in [7, 11) is 1.70. The van der Waals surface area contributed by atoms with Crippen molar-refractivity contribution in [2.24, 2.45) is 0 Å². The molecule has 0 saturated heterocycles. The molecule has 6 heteroatoms. The van der Waals surface area contributed by atoms with Gasteiger partial charge in [0.05, 0.1) is 11.0 Å². The van der Waals surface area contributed by atoms with E-state index in [1.54, 1.807) is 25.2 Å². The maximum absolute atomic E-state index is 10.8. The summed E-state index contributed by atoms with van der Waals surface area (Å²) in [5.41, 5.74) is 1.56. The molecule has 0 radical (unpaired) electrons. The largest absolute Gasteiger partial charge is 0.489 e. The van der Waals surface area contributed by atoms with Crippen LogP contribution in [0.2, 0.25) is 5.02 Å². The molecule has 0 bridgehead atoms. The number of anilines is 1. The number of rotatable bonds is 5. The molecule has 0 fully saturated rings. The topological polar surface area (TPSA) is 64.4 Å². The van der Waals surface area contributed by atoms with Gasteiger partial charge in [-0.25, -0.2) is 0 Å². The van der Waals surface area contributed by atoms with Crippen molar-refractivity contribution in [1.82, 2.24) is 0 Å². The summed E-state index contributed by atoms with van der Waals surface area (Å²) >= 11 is 5.80. The zero-order chi connectivity index (χ0) is 14.5. The zero-order valence-electron chi connectivity index (χ0n) is 10.8. The number of nitro benzene ring substituents is 1. The Balaban J connectivity index is 2.14. The van der Waals surface area contributed by atoms with Crippen LogP contribution in [0.1, 0.15) is 5.56 Å². The van der Waals surface area contributed by atoms with Crippen LogP contribution in [0.25, 0.3) is 0 Å². The lowest BCUT2D eigenvalue weighted by atomic mass is 10.2. The molecule has 0 heterocycles. The van der Waals surface area contributed by atoms with Crippen LogP contribution in [0.4, 0.5) is 11.4 Å². The molecule has 104 valence electrons. The van der Waals surface area contributed by atoms with E-state index >= 15 is 0 Å². The van der Waals surface area contributed by atoms with Crippen molar-refractivity contribution in [1.29, 1.82) is 0 Å². The van der Waals surface area contributed by atoms with E-state index in [0.29, 0.717) is 23.1 Å². The quantitative estimate of drug-likeness (QED) is 0.671. The fourth-order valence-electron chi connectivity index (χ4n) is 1.66. The average molecular weight is 293 g/mol. The monoisotopic (exact) mass is 292 g/mol. The van der Waals surface area contributed by atoms with Crippen molar-refractivity contribution in [3.63, 3.8) is 0 Å². The van der Waals surface area contributed by atoms with E-state index in [4.69, 9.17) is 16.3 Å². The lowest BCUT2D eigenvalue weighted by Gasteiger charge is -2.08. The van der Waals surface area contributed by atoms with Crippen molar-refractivity contribution in [3.8, 4) is 5.75 Å². The van der Waals surface area contributed by atoms with E-state index in [9.17, 15) is 10.1 Å². The second kappa shape index (κ2) is 6.25. The summed E-state index contributed by atoms with van der Waals surface area (Å²) in [5.74, 6) is 0.443. The lowest BCUT2D eigenvalue weighted by molar-refractivity contribution is -0.384. The van der Waals surface area contributed by atoms with Crippen molar-refractivity contribution < 1.29 is 9.66 Å². The second-order valence-electron chi connectivity index (χ2n) is 4.14. The fraction of sp³-hybridized carbons (Fsp3) is 0.143. The van der Waals surface area contributed by atoms with Gasteiger partial charge in [0.1, 0.15) is 12.4 Å². The Labute approximate surface area is 121 Å². The highest BCUT2D eigenvalue weighted by Gasteiger charge is 2.10. The Morgan fingerprint density at radius 3 is 2.55 bits per heavy atom. The predicted octanol–water partition coefficient (Wildman–Crippen LogP) is 3.87. The third kappa shape index (κ3) is 3.61. The smallest absolute Gasteiger partial charge is 0.275 e. The number of nitrogens with one attached hydrogen (secondary N) is 1.